The van der Waals surface area contributed by atoms with Gasteiger partial charge in [0.2, 0.25) is 0 Å². The van der Waals surface area contributed by atoms with Crippen LogP contribution in [0.1, 0.15) is 16.9 Å². The Morgan fingerprint density at radius 2 is 2.13 bits per heavy atom. The molecule has 2 rings (SSSR count). The van der Waals surface area contributed by atoms with Crippen LogP contribution < -0.4 is 5.32 Å². The first-order valence-corrected chi connectivity index (χ1v) is 8.15. The molecule has 0 fully saturated rings. The molecular formula is C16H19FN2O3S. The number of nitrogens with zero attached hydrogens (tertiary/aromatic N) is 1. The fourth-order valence-corrected chi connectivity index (χ4v) is 2.67. The van der Waals surface area contributed by atoms with Crippen LogP contribution in [-0.4, -0.2) is 44.4 Å². The number of methoxy groups -OCH3 is 1. The lowest BCUT2D eigenvalue weighted by Gasteiger charge is -2.04. The van der Waals surface area contributed by atoms with Crippen LogP contribution in [0.15, 0.2) is 29.6 Å². The molecule has 0 bridgehead atoms. The van der Waals surface area contributed by atoms with Crippen LogP contribution in [0.2, 0.25) is 0 Å². The standard InChI is InChI=1S/C16H19FN2O3S/c1-21-9-10-22-8-4-7-18-15(20)14-11-23-16(19-14)12-5-2-3-6-13(12)17/h2-3,5-6,11H,4,7-10H2,1H3,(H,18,20). The summed E-state index contributed by atoms with van der Waals surface area (Å²) in [4.78, 5) is 16.2. The quantitative estimate of drug-likeness (QED) is 0.714. The molecule has 0 saturated heterocycles. The highest BCUT2D eigenvalue weighted by Gasteiger charge is 2.13. The van der Waals surface area contributed by atoms with Crippen molar-refractivity contribution in [2.45, 2.75) is 6.42 Å². The summed E-state index contributed by atoms with van der Waals surface area (Å²) < 4.78 is 23.9. The molecule has 0 aliphatic rings. The predicted molar refractivity (Wildman–Crippen MR) is 87.2 cm³/mol. The lowest BCUT2D eigenvalue weighted by atomic mass is 10.2. The van der Waals surface area contributed by atoms with Gasteiger partial charge in [0.05, 0.1) is 13.2 Å². The fourth-order valence-electron chi connectivity index (χ4n) is 1.85. The molecule has 0 radical (unpaired) electrons. The molecule has 1 N–H and O–H groups in total. The Labute approximate surface area is 138 Å². The van der Waals surface area contributed by atoms with Gasteiger partial charge in [0.25, 0.3) is 5.91 Å². The van der Waals surface area contributed by atoms with Crippen LogP contribution in [-0.2, 0) is 9.47 Å². The summed E-state index contributed by atoms with van der Waals surface area (Å²) >= 11 is 1.25. The zero-order valence-electron chi connectivity index (χ0n) is 12.9. The van der Waals surface area contributed by atoms with Gasteiger partial charge in [-0.05, 0) is 18.6 Å². The molecule has 23 heavy (non-hydrogen) atoms. The highest BCUT2D eigenvalue weighted by molar-refractivity contribution is 7.13. The maximum absolute atomic E-state index is 13.7. The molecule has 1 aromatic carbocycles. The van der Waals surface area contributed by atoms with Crippen molar-refractivity contribution in [1.82, 2.24) is 10.3 Å². The van der Waals surface area contributed by atoms with Gasteiger partial charge in [-0.25, -0.2) is 9.37 Å². The van der Waals surface area contributed by atoms with E-state index in [1.165, 1.54) is 17.4 Å². The normalized spacial score (nSPS) is 10.7. The van der Waals surface area contributed by atoms with Crippen LogP contribution in [0.4, 0.5) is 4.39 Å². The van der Waals surface area contributed by atoms with Crippen molar-refractivity contribution in [3.8, 4) is 10.6 Å². The Balaban J connectivity index is 1.79. The van der Waals surface area contributed by atoms with E-state index in [1.54, 1.807) is 30.7 Å². The van der Waals surface area contributed by atoms with E-state index in [0.29, 0.717) is 49.1 Å². The Bertz CT molecular complexity index is 633. The molecule has 1 amide bonds. The van der Waals surface area contributed by atoms with Gasteiger partial charge < -0.3 is 14.8 Å². The van der Waals surface area contributed by atoms with E-state index in [4.69, 9.17) is 9.47 Å². The van der Waals surface area contributed by atoms with Crippen LogP contribution in [0.3, 0.4) is 0 Å². The third-order valence-corrected chi connectivity index (χ3v) is 3.90. The van der Waals surface area contributed by atoms with Gasteiger partial charge in [-0.2, -0.15) is 0 Å². The molecule has 1 aromatic heterocycles. The van der Waals surface area contributed by atoms with Crippen molar-refractivity contribution < 1.29 is 18.7 Å². The van der Waals surface area contributed by atoms with Gasteiger partial charge >= 0.3 is 0 Å². The monoisotopic (exact) mass is 338 g/mol. The average Bonchev–Trinajstić information content (AvgIpc) is 3.04. The number of benzene rings is 1. The number of ether oxygens (including phenoxy) is 2. The maximum Gasteiger partial charge on any atom is 0.270 e. The molecule has 5 nitrogen and oxygen atoms in total. The number of nitrogens with one attached hydrogen (secondary N) is 1. The van der Waals surface area contributed by atoms with E-state index in [1.807, 2.05) is 0 Å². The molecule has 0 atom stereocenters. The Hall–Kier alpha value is -1.83. The average molecular weight is 338 g/mol. The first kappa shape index (κ1) is 17.5. The number of thiazole rings is 1. The van der Waals surface area contributed by atoms with Crippen LogP contribution >= 0.6 is 11.3 Å². The number of amides is 1. The van der Waals surface area contributed by atoms with Crippen LogP contribution in [0.25, 0.3) is 10.6 Å². The highest BCUT2D eigenvalue weighted by atomic mass is 32.1. The Morgan fingerprint density at radius 3 is 2.91 bits per heavy atom. The molecular weight excluding hydrogens is 319 g/mol. The molecule has 1 heterocycles. The SMILES string of the molecule is COCCOCCCNC(=O)c1csc(-c2ccccc2F)n1. The lowest BCUT2D eigenvalue weighted by molar-refractivity contribution is 0.0688. The van der Waals surface area contributed by atoms with Gasteiger partial charge in [-0.1, -0.05) is 12.1 Å². The number of hydrogen-bond donors (Lipinski definition) is 1. The van der Waals surface area contributed by atoms with Crippen molar-refractivity contribution in [1.29, 1.82) is 0 Å². The molecule has 7 heteroatoms. The third-order valence-electron chi connectivity index (χ3n) is 3.02. The number of rotatable bonds is 9. The fraction of sp³-hybridized carbons (Fsp3) is 0.375. The van der Waals surface area contributed by atoms with E-state index in [-0.39, 0.29) is 11.7 Å². The zero-order chi connectivity index (χ0) is 16.5. The minimum absolute atomic E-state index is 0.263. The lowest BCUT2D eigenvalue weighted by Crippen LogP contribution is -2.25. The number of halogens is 1. The summed E-state index contributed by atoms with van der Waals surface area (Å²) in [6.07, 6.45) is 0.708. The van der Waals surface area contributed by atoms with Gasteiger partial charge in [0.15, 0.2) is 0 Å². The predicted octanol–water partition coefficient (Wildman–Crippen LogP) is 2.73. The number of carbonyl (C=O) groups excluding carboxylic acids is 1. The van der Waals surface area contributed by atoms with Gasteiger partial charge in [0.1, 0.15) is 16.5 Å². The van der Waals surface area contributed by atoms with Gasteiger partial charge in [-0.15, -0.1) is 11.3 Å². The van der Waals surface area contributed by atoms with E-state index in [9.17, 15) is 9.18 Å². The van der Waals surface area contributed by atoms with Crippen molar-refractivity contribution in [2.24, 2.45) is 0 Å². The highest BCUT2D eigenvalue weighted by Crippen LogP contribution is 2.25. The first-order valence-electron chi connectivity index (χ1n) is 7.27. The minimum atomic E-state index is -0.345. The first-order chi connectivity index (χ1) is 11.2. The molecule has 124 valence electrons. The van der Waals surface area contributed by atoms with Crippen molar-refractivity contribution in [3.05, 3.63) is 41.2 Å². The van der Waals surface area contributed by atoms with Crippen molar-refractivity contribution >= 4 is 17.2 Å². The summed E-state index contributed by atoms with van der Waals surface area (Å²) in [5.74, 6) is -0.609. The molecule has 0 spiro atoms. The van der Waals surface area contributed by atoms with Crippen LogP contribution in [0, 0.1) is 5.82 Å². The molecule has 2 aromatic rings. The maximum atomic E-state index is 13.7. The third kappa shape index (κ3) is 5.38. The minimum Gasteiger partial charge on any atom is -0.382 e. The topological polar surface area (TPSA) is 60.5 Å². The van der Waals surface area contributed by atoms with Crippen LogP contribution in [0.5, 0.6) is 0 Å². The molecule has 0 aliphatic carbocycles. The van der Waals surface area contributed by atoms with E-state index in [2.05, 4.69) is 10.3 Å². The molecule has 0 aliphatic heterocycles. The summed E-state index contributed by atoms with van der Waals surface area (Å²) in [6, 6.07) is 6.38. The zero-order valence-corrected chi connectivity index (χ0v) is 13.7. The molecule has 0 unspecified atom stereocenters. The summed E-state index contributed by atoms with van der Waals surface area (Å²) in [5, 5.41) is 4.90. The second kappa shape index (κ2) is 9.34. The number of carbonyl (C=O) groups is 1. The Morgan fingerprint density at radius 1 is 1.30 bits per heavy atom. The smallest absolute Gasteiger partial charge is 0.270 e. The summed E-state index contributed by atoms with van der Waals surface area (Å²) in [6.45, 7) is 2.16. The Kier molecular flexibility index (Phi) is 7.12. The largest absolute Gasteiger partial charge is 0.382 e. The number of aromatic nitrogens is 1. The van der Waals surface area contributed by atoms with Gasteiger partial charge in [0, 0.05) is 31.2 Å². The van der Waals surface area contributed by atoms with E-state index in [0.717, 1.165) is 0 Å². The molecule has 0 saturated carbocycles. The van der Waals surface area contributed by atoms with E-state index >= 15 is 0 Å². The van der Waals surface area contributed by atoms with Gasteiger partial charge in [-0.3, -0.25) is 4.79 Å². The second-order valence-corrected chi connectivity index (χ2v) is 5.59. The van der Waals surface area contributed by atoms with Crippen molar-refractivity contribution in [3.63, 3.8) is 0 Å². The second-order valence-electron chi connectivity index (χ2n) is 4.73. The summed E-state index contributed by atoms with van der Waals surface area (Å²) in [7, 11) is 1.62. The van der Waals surface area contributed by atoms with Crippen molar-refractivity contribution in [2.75, 3.05) is 33.5 Å². The van der Waals surface area contributed by atoms with E-state index < -0.39 is 0 Å². The number of hydrogen-bond acceptors (Lipinski definition) is 5. The summed E-state index contributed by atoms with van der Waals surface area (Å²) in [5.41, 5.74) is 0.705.